The molecule has 3 aromatic rings. The van der Waals surface area contributed by atoms with Crippen LogP contribution in [0.5, 0.6) is 0 Å². The van der Waals surface area contributed by atoms with Crippen molar-refractivity contribution in [3.63, 3.8) is 0 Å². The maximum Gasteiger partial charge on any atom is 0.258 e. The van der Waals surface area contributed by atoms with Gasteiger partial charge in [-0.2, -0.15) is 0 Å². The molecule has 0 aliphatic rings. The molecule has 1 amide bonds. The van der Waals surface area contributed by atoms with Crippen molar-refractivity contribution in [2.24, 2.45) is 0 Å². The van der Waals surface area contributed by atoms with Gasteiger partial charge < -0.3 is 0 Å². The largest absolute Gasteiger partial charge is 0.289 e. The average Bonchev–Trinajstić information content (AvgIpc) is 2.94. The fraction of sp³-hybridized carbons (Fsp3) is 0.0625. The summed E-state index contributed by atoms with van der Waals surface area (Å²) < 4.78 is 27.8. The minimum absolute atomic E-state index is 0.0654. The van der Waals surface area contributed by atoms with Gasteiger partial charge in [0.25, 0.3) is 5.91 Å². The average molecular weight is 314 g/mol. The Labute approximate surface area is 130 Å². The van der Waals surface area contributed by atoms with Crippen LogP contribution in [0.4, 0.5) is 14.7 Å². The molecule has 2 aromatic carbocycles. The van der Waals surface area contributed by atoms with Crippen LogP contribution in [0.25, 0.3) is 0 Å². The van der Waals surface area contributed by atoms with Gasteiger partial charge in [-0.25, -0.2) is 18.4 Å². The molecule has 0 radical (unpaired) electrons. The minimum atomic E-state index is -0.822. The van der Waals surface area contributed by atoms with Crippen LogP contribution in [0.1, 0.15) is 15.9 Å². The third kappa shape index (κ3) is 3.76. The molecule has 5 nitrogen and oxygen atoms in total. The molecule has 23 heavy (non-hydrogen) atoms. The zero-order chi connectivity index (χ0) is 16.2. The molecule has 1 heterocycles. The summed E-state index contributed by atoms with van der Waals surface area (Å²) in [6.07, 6.45) is 1.47. The number of hydrogen-bond acceptors (Lipinski definition) is 3. The first kappa shape index (κ1) is 14.8. The molecule has 1 N–H and O–H groups in total. The molecule has 0 aliphatic carbocycles. The number of halogens is 2. The highest BCUT2D eigenvalue weighted by Crippen LogP contribution is 2.10. The number of hydrogen-bond donors (Lipinski definition) is 1. The van der Waals surface area contributed by atoms with Crippen LogP contribution in [0.2, 0.25) is 0 Å². The Morgan fingerprint density at radius 2 is 1.78 bits per heavy atom. The molecule has 0 saturated carbocycles. The SMILES string of the molecule is O=C(Nc1ncn(Cc2ccccc2)n1)c1cc(F)cc(F)c1. The lowest BCUT2D eigenvalue weighted by Crippen LogP contribution is -2.14. The third-order valence-corrected chi connectivity index (χ3v) is 3.07. The number of carbonyl (C=O) groups is 1. The predicted molar refractivity (Wildman–Crippen MR) is 79.9 cm³/mol. The van der Waals surface area contributed by atoms with Crippen molar-refractivity contribution in [3.05, 3.63) is 77.6 Å². The summed E-state index contributed by atoms with van der Waals surface area (Å²) >= 11 is 0. The smallest absolute Gasteiger partial charge is 0.258 e. The van der Waals surface area contributed by atoms with Crippen LogP contribution in [0.15, 0.2) is 54.9 Å². The van der Waals surface area contributed by atoms with Crippen LogP contribution < -0.4 is 5.32 Å². The third-order valence-electron chi connectivity index (χ3n) is 3.07. The van der Waals surface area contributed by atoms with Crippen LogP contribution in [0, 0.1) is 11.6 Å². The number of nitrogens with one attached hydrogen (secondary N) is 1. The van der Waals surface area contributed by atoms with Gasteiger partial charge in [0.15, 0.2) is 0 Å². The van der Waals surface area contributed by atoms with E-state index in [-0.39, 0.29) is 11.5 Å². The van der Waals surface area contributed by atoms with Crippen molar-refractivity contribution in [1.82, 2.24) is 14.8 Å². The summed E-state index contributed by atoms with van der Waals surface area (Å²) in [7, 11) is 0. The number of benzene rings is 2. The molecule has 0 aliphatic heterocycles. The Morgan fingerprint density at radius 1 is 1.09 bits per heavy atom. The maximum atomic E-state index is 13.1. The summed E-state index contributed by atoms with van der Waals surface area (Å²) in [5, 5.41) is 6.51. The number of carbonyl (C=O) groups excluding carboxylic acids is 1. The first-order valence-electron chi connectivity index (χ1n) is 6.81. The lowest BCUT2D eigenvalue weighted by Gasteiger charge is -2.02. The van der Waals surface area contributed by atoms with Gasteiger partial charge in [-0.1, -0.05) is 30.3 Å². The first-order valence-corrected chi connectivity index (χ1v) is 6.81. The van der Waals surface area contributed by atoms with E-state index in [4.69, 9.17) is 0 Å². The second kappa shape index (κ2) is 6.35. The molecule has 0 atom stereocenters. The number of anilines is 1. The summed E-state index contributed by atoms with van der Waals surface area (Å²) in [5.74, 6) is -2.26. The molecule has 0 bridgehead atoms. The van der Waals surface area contributed by atoms with Crippen LogP contribution in [-0.4, -0.2) is 20.7 Å². The number of aromatic nitrogens is 3. The first-order chi connectivity index (χ1) is 11.1. The van der Waals surface area contributed by atoms with Crippen molar-refractivity contribution in [3.8, 4) is 0 Å². The van der Waals surface area contributed by atoms with Gasteiger partial charge in [0.2, 0.25) is 5.95 Å². The topological polar surface area (TPSA) is 59.8 Å². The monoisotopic (exact) mass is 314 g/mol. The van der Waals surface area contributed by atoms with E-state index in [0.717, 1.165) is 17.7 Å². The van der Waals surface area contributed by atoms with Crippen molar-refractivity contribution < 1.29 is 13.6 Å². The van der Waals surface area contributed by atoms with Crippen LogP contribution in [-0.2, 0) is 6.54 Å². The fourth-order valence-electron chi connectivity index (χ4n) is 2.06. The van der Waals surface area contributed by atoms with E-state index in [9.17, 15) is 13.6 Å². The van der Waals surface area contributed by atoms with E-state index in [2.05, 4.69) is 15.4 Å². The Bertz CT molecular complexity index is 813. The van der Waals surface area contributed by atoms with Crippen molar-refractivity contribution in [2.45, 2.75) is 6.54 Å². The lowest BCUT2D eigenvalue weighted by molar-refractivity contribution is 0.102. The zero-order valence-electron chi connectivity index (χ0n) is 11.9. The minimum Gasteiger partial charge on any atom is -0.289 e. The lowest BCUT2D eigenvalue weighted by atomic mass is 10.2. The Hall–Kier alpha value is -3.09. The second-order valence-electron chi connectivity index (χ2n) is 4.86. The molecule has 3 rings (SSSR count). The fourth-order valence-corrected chi connectivity index (χ4v) is 2.06. The Kier molecular flexibility index (Phi) is 4.09. The van der Waals surface area contributed by atoms with Crippen molar-refractivity contribution >= 4 is 11.9 Å². The standard InChI is InChI=1S/C16H12F2N4O/c17-13-6-12(7-14(18)8-13)15(23)20-16-19-10-22(21-16)9-11-4-2-1-3-5-11/h1-8,10H,9H2,(H,20,21,23). The van der Waals surface area contributed by atoms with Crippen molar-refractivity contribution in [2.75, 3.05) is 5.32 Å². The summed E-state index contributed by atoms with van der Waals surface area (Å²) in [5.41, 5.74) is 0.893. The molecular formula is C16H12F2N4O. The Balaban J connectivity index is 1.70. The molecule has 0 spiro atoms. The number of rotatable bonds is 4. The summed E-state index contributed by atoms with van der Waals surface area (Å²) in [6.45, 7) is 0.498. The second-order valence-corrected chi connectivity index (χ2v) is 4.86. The highest BCUT2D eigenvalue weighted by atomic mass is 19.1. The van der Waals surface area contributed by atoms with Gasteiger partial charge in [-0.05, 0) is 17.7 Å². The Morgan fingerprint density at radius 3 is 2.48 bits per heavy atom. The van der Waals surface area contributed by atoms with Gasteiger partial charge >= 0.3 is 0 Å². The van der Waals surface area contributed by atoms with E-state index in [1.54, 1.807) is 4.68 Å². The summed E-state index contributed by atoms with van der Waals surface area (Å²) in [6, 6.07) is 12.2. The van der Waals surface area contributed by atoms with E-state index < -0.39 is 17.5 Å². The van der Waals surface area contributed by atoms with Gasteiger partial charge in [0.1, 0.15) is 18.0 Å². The normalized spacial score (nSPS) is 10.5. The van der Waals surface area contributed by atoms with Gasteiger partial charge in [-0.3, -0.25) is 10.1 Å². The van der Waals surface area contributed by atoms with Crippen LogP contribution >= 0.6 is 0 Å². The molecule has 1 aromatic heterocycles. The highest BCUT2D eigenvalue weighted by Gasteiger charge is 2.12. The van der Waals surface area contributed by atoms with Gasteiger partial charge in [-0.15, -0.1) is 5.10 Å². The quantitative estimate of drug-likeness (QED) is 0.805. The van der Waals surface area contributed by atoms with E-state index >= 15 is 0 Å². The predicted octanol–water partition coefficient (Wildman–Crippen LogP) is 2.86. The molecule has 0 unspecified atom stereocenters. The van der Waals surface area contributed by atoms with Gasteiger partial charge in [0.05, 0.1) is 6.54 Å². The maximum absolute atomic E-state index is 13.1. The summed E-state index contributed by atoms with van der Waals surface area (Å²) in [4.78, 5) is 15.9. The number of amides is 1. The molecule has 0 fully saturated rings. The van der Waals surface area contributed by atoms with Crippen molar-refractivity contribution in [1.29, 1.82) is 0 Å². The molecule has 116 valence electrons. The van der Waals surface area contributed by atoms with Gasteiger partial charge in [0, 0.05) is 11.6 Å². The molecule has 7 heteroatoms. The van der Waals surface area contributed by atoms with E-state index in [1.165, 1.54) is 6.33 Å². The zero-order valence-corrected chi connectivity index (χ0v) is 11.9. The number of nitrogens with zero attached hydrogens (tertiary/aromatic N) is 3. The molecular weight excluding hydrogens is 302 g/mol. The molecule has 0 saturated heterocycles. The highest BCUT2D eigenvalue weighted by molar-refractivity contribution is 6.03. The van der Waals surface area contributed by atoms with Crippen LogP contribution in [0.3, 0.4) is 0 Å². The van der Waals surface area contributed by atoms with E-state index in [1.807, 2.05) is 30.3 Å². The van der Waals surface area contributed by atoms with E-state index in [0.29, 0.717) is 12.6 Å².